The number of esters is 1. The van der Waals surface area contributed by atoms with Crippen molar-refractivity contribution in [3.63, 3.8) is 0 Å². The lowest BCUT2D eigenvalue weighted by Crippen LogP contribution is -2.13. The average molecular weight is 418 g/mol. The molecule has 31 heavy (non-hydrogen) atoms. The standard InChI is InChI=1S/C24H22N2O5/c1-3-30-21-13-7-17(8-14-21)23(28)25-19-9-11-20(12-10-19)26-24(29)18-5-4-6-22(15-18)31-16(2)27/h4-15H,3H2,1-2H3,(H,25,28)(H,26,29). The van der Waals surface area contributed by atoms with Gasteiger partial charge in [0.2, 0.25) is 0 Å². The van der Waals surface area contributed by atoms with Crippen LogP contribution in [0, 0.1) is 0 Å². The van der Waals surface area contributed by atoms with Gasteiger partial charge in [0.1, 0.15) is 11.5 Å². The van der Waals surface area contributed by atoms with Crippen molar-refractivity contribution in [2.75, 3.05) is 17.2 Å². The van der Waals surface area contributed by atoms with Crippen molar-refractivity contribution in [1.29, 1.82) is 0 Å². The molecule has 0 fully saturated rings. The van der Waals surface area contributed by atoms with Gasteiger partial charge in [-0.05, 0) is 73.7 Å². The molecule has 0 bridgehead atoms. The highest BCUT2D eigenvalue weighted by Gasteiger charge is 2.10. The Labute approximate surface area is 180 Å². The normalized spacial score (nSPS) is 10.1. The summed E-state index contributed by atoms with van der Waals surface area (Å²) in [6, 6.07) is 20.0. The molecule has 2 N–H and O–H groups in total. The summed E-state index contributed by atoms with van der Waals surface area (Å²) in [6.45, 7) is 3.75. The second-order valence-corrected chi connectivity index (χ2v) is 6.56. The molecule has 0 spiro atoms. The van der Waals surface area contributed by atoms with E-state index in [1.54, 1.807) is 66.7 Å². The molecule has 0 aliphatic rings. The van der Waals surface area contributed by atoms with Crippen molar-refractivity contribution in [1.82, 2.24) is 0 Å². The van der Waals surface area contributed by atoms with Crippen LogP contribution >= 0.6 is 0 Å². The third-order valence-electron chi connectivity index (χ3n) is 4.19. The molecule has 0 atom stereocenters. The summed E-state index contributed by atoms with van der Waals surface area (Å²) in [5.74, 6) is -0.0484. The number of hydrogen-bond donors (Lipinski definition) is 2. The number of rotatable bonds is 7. The van der Waals surface area contributed by atoms with Gasteiger partial charge in [0, 0.05) is 29.4 Å². The van der Waals surface area contributed by atoms with Gasteiger partial charge in [-0.25, -0.2) is 0 Å². The molecule has 3 rings (SSSR count). The number of hydrogen-bond acceptors (Lipinski definition) is 5. The van der Waals surface area contributed by atoms with E-state index >= 15 is 0 Å². The molecule has 7 nitrogen and oxygen atoms in total. The molecule has 0 saturated heterocycles. The molecule has 0 heterocycles. The van der Waals surface area contributed by atoms with Crippen LogP contribution in [0.2, 0.25) is 0 Å². The first-order valence-electron chi connectivity index (χ1n) is 9.68. The fourth-order valence-corrected chi connectivity index (χ4v) is 2.78. The highest BCUT2D eigenvalue weighted by atomic mass is 16.5. The number of ether oxygens (including phenoxy) is 2. The Morgan fingerprint density at radius 2 is 1.32 bits per heavy atom. The third kappa shape index (κ3) is 6.17. The number of benzene rings is 3. The predicted octanol–water partition coefficient (Wildman–Crippen LogP) is 4.52. The Morgan fingerprint density at radius 1 is 0.742 bits per heavy atom. The highest BCUT2D eigenvalue weighted by molar-refractivity contribution is 6.06. The first kappa shape index (κ1) is 21.6. The van der Waals surface area contributed by atoms with Gasteiger partial charge in [0.25, 0.3) is 11.8 Å². The van der Waals surface area contributed by atoms with Crippen LogP contribution in [0.1, 0.15) is 34.6 Å². The maximum atomic E-state index is 12.4. The second-order valence-electron chi connectivity index (χ2n) is 6.56. The largest absolute Gasteiger partial charge is 0.494 e. The number of carbonyl (C=O) groups is 3. The molecule has 158 valence electrons. The van der Waals surface area contributed by atoms with Gasteiger partial charge >= 0.3 is 5.97 Å². The van der Waals surface area contributed by atoms with Crippen molar-refractivity contribution in [2.24, 2.45) is 0 Å². The fraction of sp³-hybridized carbons (Fsp3) is 0.125. The maximum absolute atomic E-state index is 12.4. The number of carbonyl (C=O) groups excluding carboxylic acids is 3. The van der Waals surface area contributed by atoms with Gasteiger partial charge in [-0.3, -0.25) is 14.4 Å². The van der Waals surface area contributed by atoms with Crippen LogP contribution in [0.5, 0.6) is 11.5 Å². The smallest absolute Gasteiger partial charge is 0.308 e. The van der Waals surface area contributed by atoms with Crippen LogP contribution in [-0.2, 0) is 4.79 Å². The maximum Gasteiger partial charge on any atom is 0.308 e. The van der Waals surface area contributed by atoms with Gasteiger partial charge in [0.15, 0.2) is 0 Å². The minimum Gasteiger partial charge on any atom is -0.494 e. The van der Waals surface area contributed by atoms with E-state index in [9.17, 15) is 14.4 Å². The van der Waals surface area contributed by atoms with E-state index in [-0.39, 0.29) is 11.8 Å². The molecule has 3 aromatic carbocycles. The summed E-state index contributed by atoms with van der Waals surface area (Å²) in [5, 5.41) is 5.57. The number of amides is 2. The van der Waals surface area contributed by atoms with Crippen LogP contribution in [0.25, 0.3) is 0 Å². The summed E-state index contributed by atoms with van der Waals surface area (Å²) < 4.78 is 10.4. The van der Waals surface area contributed by atoms with E-state index in [1.807, 2.05) is 6.92 Å². The molecule has 2 amide bonds. The van der Waals surface area contributed by atoms with Crippen molar-refractivity contribution in [2.45, 2.75) is 13.8 Å². The molecule has 0 unspecified atom stereocenters. The van der Waals surface area contributed by atoms with E-state index < -0.39 is 5.97 Å². The SMILES string of the molecule is CCOc1ccc(C(=O)Nc2ccc(NC(=O)c3cccc(OC(C)=O)c3)cc2)cc1. The van der Waals surface area contributed by atoms with Gasteiger partial charge < -0.3 is 20.1 Å². The Kier molecular flexibility index (Phi) is 7.01. The zero-order valence-electron chi connectivity index (χ0n) is 17.2. The minimum atomic E-state index is -0.458. The summed E-state index contributed by atoms with van der Waals surface area (Å²) in [7, 11) is 0. The predicted molar refractivity (Wildman–Crippen MR) is 118 cm³/mol. The second kappa shape index (κ2) is 10.1. The van der Waals surface area contributed by atoms with Crippen LogP contribution in [-0.4, -0.2) is 24.4 Å². The van der Waals surface area contributed by atoms with E-state index in [4.69, 9.17) is 9.47 Å². The van der Waals surface area contributed by atoms with Crippen molar-refractivity contribution < 1.29 is 23.9 Å². The Hall–Kier alpha value is -4.13. The summed E-state index contributed by atoms with van der Waals surface area (Å²) in [4.78, 5) is 35.9. The molecule has 0 saturated carbocycles. The van der Waals surface area contributed by atoms with E-state index in [0.29, 0.717) is 40.6 Å². The van der Waals surface area contributed by atoms with E-state index in [1.165, 1.54) is 13.0 Å². The molecular weight excluding hydrogens is 396 g/mol. The van der Waals surface area contributed by atoms with Gasteiger partial charge in [-0.1, -0.05) is 6.07 Å². The zero-order chi connectivity index (χ0) is 22.2. The Balaban J connectivity index is 1.60. The van der Waals surface area contributed by atoms with Gasteiger partial charge in [-0.15, -0.1) is 0 Å². The quantitative estimate of drug-likeness (QED) is 0.435. The monoisotopic (exact) mass is 418 g/mol. The Morgan fingerprint density at radius 3 is 1.87 bits per heavy atom. The molecule has 3 aromatic rings. The zero-order valence-corrected chi connectivity index (χ0v) is 17.2. The van der Waals surface area contributed by atoms with Crippen molar-refractivity contribution >= 4 is 29.2 Å². The van der Waals surface area contributed by atoms with Gasteiger partial charge in [-0.2, -0.15) is 0 Å². The van der Waals surface area contributed by atoms with E-state index in [0.717, 1.165) is 0 Å². The molecule has 7 heteroatoms. The van der Waals surface area contributed by atoms with Crippen LogP contribution in [0.4, 0.5) is 11.4 Å². The minimum absolute atomic E-state index is 0.248. The number of anilines is 2. The molecule has 0 aliphatic heterocycles. The molecule has 0 aliphatic carbocycles. The summed E-state index contributed by atoms with van der Waals surface area (Å²) in [5.41, 5.74) is 2.01. The van der Waals surface area contributed by atoms with E-state index in [2.05, 4.69) is 10.6 Å². The lowest BCUT2D eigenvalue weighted by molar-refractivity contribution is -0.131. The molecule has 0 aromatic heterocycles. The Bertz CT molecular complexity index is 1080. The van der Waals surface area contributed by atoms with Crippen LogP contribution in [0.15, 0.2) is 72.8 Å². The highest BCUT2D eigenvalue weighted by Crippen LogP contribution is 2.19. The van der Waals surface area contributed by atoms with Crippen LogP contribution in [0.3, 0.4) is 0 Å². The first-order chi connectivity index (χ1) is 14.9. The molecular formula is C24H22N2O5. The van der Waals surface area contributed by atoms with Crippen molar-refractivity contribution in [3.05, 3.63) is 83.9 Å². The van der Waals surface area contributed by atoms with Gasteiger partial charge in [0.05, 0.1) is 6.61 Å². The first-order valence-corrected chi connectivity index (χ1v) is 9.68. The summed E-state index contributed by atoms with van der Waals surface area (Å²) in [6.07, 6.45) is 0. The third-order valence-corrected chi connectivity index (χ3v) is 4.19. The lowest BCUT2D eigenvalue weighted by Gasteiger charge is -2.09. The topological polar surface area (TPSA) is 93.7 Å². The lowest BCUT2D eigenvalue weighted by atomic mass is 10.2. The van der Waals surface area contributed by atoms with Crippen molar-refractivity contribution in [3.8, 4) is 11.5 Å². The average Bonchev–Trinajstić information content (AvgIpc) is 2.75. The van der Waals surface area contributed by atoms with Crippen LogP contribution < -0.4 is 20.1 Å². The summed E-state index contributed by atoms with van der Waals surface area (Å²) >= 11 is 0. The fourth-order valence-electron chi connectivity index (χ4n) is 2.78. The number of nitrogens with one attached hydrogen (secondary N) is 2. The molecule has 0 radical (unpaired) electrons.